The minimum Gasteiger partial charge on any atom is -0.489 e. The molecule has 2 aromatic rings. The van der Waals surface area contributed by atoms with Crippen LogP contribution < -0.4 is 10.1 Å². The van der Waals surface area contributed by atoms with Gasteiger partial charge in [-0.15, -0.1) is 0 Å². The Morgan fingerprint density at radius 2 is 2.00 bits per heavy atom. The molecule has 2 amide bonds. The summed E-state index contributed by atoms with van der Waals surface area (Å²) in [4.78, 5) is 26.2. The van der Waals surface area contributed by atoms with Crippen LogP contribution in [-0.4, -0.2) is 65.9 Å². The summed E-state index contributed by atoms with van der Waals surface area (Å²) in [5.41, 5.74) is 0.515. The largest absolute Gasteiger partial charge is 0.489 e. The highest BCUT2D eigenvalue weighted by atomic mass is 16.5. The van der Waals surface area contributed by atoms with Gasteiger partial charge in [0.15, 0.2) is 0 Å². The van der Waals surface area contributed by atoms with Gasteiger partial charge in [-0.2, -0.15) is 5.10 Å². The molecule has 1 aliphatic heterocycles. The van der Waals surface area contributed by atoms with Crippen LogP contribution in [0.15, 0.2) is 42.7 Å². The summed E-state index contributed by atoms with van der Waals surface area (Å²) >= 11 is 0. The zero-order chi connectivity index (χ0) is 19.8. The topological polar surface area (TPSA) is 85.7 Å². The maximum absolute atomic E-state index is 12.6. The van der Waals surface area contributed by atoms with Crippen LogP contribution in [0.5, 0.6) is 5.75 Å². The number of carbonyl (C=O) groups is 2. The predicted octanol–water partition coefficient (Wildman–Crippen LogP) is 1.33. The third-order valence-corrected chi connectivity index (χ3v) is 4.67. The number of carbonyl (C=O) groups excluding carboxylic acids is 2. The first-order valence-corrected chi connectivity index (χ1v) is 9.45. The Bertz CT molecular complexity index is 770. The lowest BCUT2D eigenvalue weighted by atomic mass is 10.1. The second kappa shape index (κ2) is 9.89. The molecule has 28 heavy (non-hydrogen) atoms. The molecule has 0 bridgehead atoms. The average Bonchev–Trinajstić information content (AvgIpc) is 3.22. The van der Waals surface area contributed by atoms with Crippen molar-refractivity contribution in [3.05, 3.63) is 48.3 Å². The van der Waals surface area contributed by atoms with E-state index in [1.807, 2.05) is 30.5 Å². The number of methoxy groups -OCH3 is 1. The molecule has 1 saturated heterocycles. The number of nitrogens with one attached hydrogen (secondary N) is 1. The van der Waals surface area contributed by atoms with E-state index < -0.39 is 0 Å². The second-order valence-electron chi connectivity index (χ2n) is 6.65. The SMILES string of the molecule is COCC(=O)N1CCC(Oc2ccccc2C(=O)NCCn2cccn2)CC1. The molecule has 0 aliphatic carbocycles. The van der Waals surface area contributed by atoms with Crippen molar-refractivity contribution in [1.29, 1.82) is 0 Å². The molecule has 1 aromatic heterocycles. The minimum atomic E-state index is -0.171. The summed E-state index contributed by atoms with van der Waals surface area (Å²) in [5.74, 6) is 0.397. The molecule has 0 spiro atoms. The van der Waals surface area contributed by atoms with Crippen LogP contribution in [0.4, 0.5) is 0 Å². The number of piperidine rings is 1. The van der Waals surface area contributed by atoms with Crippen LogP contribution >= 0.6 is 0 Å². The minimum absolute atomic E-state index is 0.00194. The molecule has 0 saturated carbocycles. The Kier molecular flexibility index (Phi) is 7.02. The van der Waals surface area contributed by atoms with Gasteiger partial charge in [0.1, 0.15) is 18.5 Å². The molecule has 1 aliphatic rings. The highest BCUT2D eigenvalue weighted by Crippen LogP contribution is 2.23. The van der Waals surface area contributed by atoms with Crippen LogP contribution in [0.2, 0.25) is 0 Å². The van der Waals surface area contributed by atoms with Crippen molar-refractivity contribution in [2.75, 3.05) is 33.4 Å². The summed E-state index contributed by atoms with van der Waals surface area (Å²) < 4.78 is 12.8. The van der Waals surface area contributed by atoms with E-state index >= 15 is 0 Å². The van der Waals surface area contributed by atoms with Crippen molar-refractivity contribution in [1.82, 2.24) is 20.0 Å². The zero-order valence-electron chi connectivity index (χ0n) is 16.0. The lowest BCUT2D eigenvalue weighted by Gasteiger charge is -2.32. The molecule has 8 nitrogen and oxygen atoms in total. The van der Waals surface area contributed by atoms with Crippen LogP contribution in [0.25, 0.3) is 0 Å². The van der Waals surface area contributed by atoms with E-state index in [0.29, 0.717) is 37.5 Å². The van der Waals surface area contributed by atoms with E-state index in [0.717, 1.165) is 12.8 Å². The predicted molar refractivity (Wildman–Crippen MR) is 103 cm³/mol. The number of benzene rings is 1. The van der Waals surface area contributed by atoms with Crippen LogP contribution in [0.3, 0.4) is 0 Å². The molecular weight excluding hydrogens is 360 g/mol. The Balaban J connectivity index is 1.52. The van der Waals surface area contributed by atoms with Crippen molar-refractivity contribution in [2.24, 2.45) is 0 Å². The molecule has 0 atom stereocenters. The first-order valence-electron chi connectivity index (χ1n) is 9.45. The van der Waals surface area contributed by atoms with Gasteiger partial charge in [-0.25, -0.2) is 0 Å². The van der Waals surface area contributed by atoms with Gasteiger partial charge in [0.2, 0.25) is 5.91 Å². The fourth-order valence-electron chi connectivity index (χ4n) is 3.19. The molecule has 2 heterocycles. The number of rotatable bonds is 8. The average molecular weight is 386 g/mol. The van der Waals surface area contributed by atoms with E-state index in [-0.39, 0.29) is 24.5 Å². The third-order valence-electron chi connectivity index (χ3n) is 4.67. The fourth-order valence-corrected chi connectivity index (χ4v) is 3.19. The molecular formula is C20H26N4O4. The molecule has 0 radical (unpaired) electrons. The third kappa shape index (κ3) is 5.32. The Morgan fingerprint density at radius 1 is 1.21 bits per heavy atom. The van der Waals surface area contributed by atoms with Crippen molar-refractivity contribution in [2.45, 2.75) is 25.5 Å². The van der Waals surface area contributed by atoms with Crippen molar-refractivity contribution in [3.63, 3.8) is 0 Å². The van der Waals surface area contributed by atoms with E-state index in [4.69, 9.17) is 9.47 Å². The maximum atomic E-state index is 12.6. The number of amides is 2. The van der Waals surface area contributed by atoms with Gasteiger partial charge >= 0.3 is 0 Å². The molecule has 1 N–H and O–H groups in total. The highest BCUT2D eigenvalue weighted by molar-refractivity contribution is 5.96. The standard InChI is InChI=1S/C20H26N4O4/c1-27-15-19(25)23-12-7-16(8-13-23)28-18-6-3-2-5-17(18)20(26)21-10-14-24-11-4-9-22-24/h2-6,9,11,16H,7-8,10,12-15H2,1H3,(H,21,26). The summed E-state index contributed by atoms with van der Waals surface area (Å²) in [6.07, 6.45) is 4.99. The van der Waals surface area contributed by atoms with Crippen LogP contribution in [0.1, 0.15) is 23.2 Å². The van der Waals surface area contributed by atoms with Gasteiger partial charge in [0, 0.05) is 52.0 Å². The smallest absolute Gasteiger partial charge is 0.255 e. The van der Waals surface area contributed by atoms with Crippen LogP contribution in [0, 0.1) is 0 Å². The van der Waals surface area contributed by atoms with Crippen LogP contribution in [-0.2, 0) is 16.1 Å². The lowest BCUT2D eigenvalue weighted by Crippen LogP contribution is -2.43. The van der Waals surface area contributed by atoms with E-state index in [2.05, 4.69) is 10.4 Å². The number of likely N-dealkylation sites (tertiary alicyclic amines) is 1. The first-order chi connectivity index (χ1) is 13.7. The van der Waals surface area contributed by atoms with Gasteiger partial charge in [0.05, 0.1) is 12.1 Å². The number of aromatic nitrogens is 2. The zero-order valence-corrected chi connectivity index (χ0v) is 16.0. The lowest BCUT2D eigenvalue weighted by molar-refractivity contribution is -0.136. The van der Waals surface area contributed by atoms with E-state index in [1.165, 1.54) is 7.11 Å². The van der Waals surface area contributed by atoms with Crippen molar-refractivity contribution in [3.8, 4) is 5.75 Å². The molecule has 0 unspecified atom stereocenters. The number of nitrogens with zero attached hydrogens (tertiary/aromatic N) is 3. The highest BCUT2D eigenvalue weighted by Gasteiger charge is 2.25. The fraction of sp³-hybridized carbons (Fsp3) is 0.450. The number of para-hydroxylation sites is 1. The van der Waals surface area contributed by atoms with Gasteiger partial charge in [-0.05, 0) is 18.2 Å². The first kappa shape index (κ1) is 19.9. The van der Waals surface area contributed by atoms with Gasteiger partial charge in [-0.1, -0.05) is 12.1 Å². The second-order valence-corrected chi connectivity index (χ2v) is 6.65. The molecule has 8 heteroatoms. The monoisotopic (exact) mass is 386 g/mol. The summed E-state index contributed by atoms with van der Waals surface area (Å²) in [5, 5.41) is 7.02. The Morgan fingerprint density at radius 3 is 2.71 bits per heavy atom. The number of hydrogen-bond acceptors (Lipinski definition) is 5. The summed E-state index contributed by atoms with van der Waals surface area (Å²) in [6.45, 7) is 2.45. The van der Waals surface area contributed by atoms with Crippen molar-refractivity contribution >= 4 is 11.8 Å². The molecule has 3 rings (SSSR count). The summed E-state index contributed by atoms with van der Waals surface area (Å²) in [7, 11) is 1.52. The number of ether oxygens (including phenoxy) is 2. The van der Waals surface area contributed by atoms with Gasteiger partial charge in [-0.3, -0.25) is 14.3 Å². The number of hydrogen-bond donors (Lipinski definition) is 1. The molecule has 1 fully saturated rings. The normalized spacial score (nSPS) is 14.7. The van der Waals surface area contributed by atoms with E-state index in [9.17, 15) is 9.59 Å². The molecule has 150 valence electrons. The Labute approximate surface area is 164 Å². The maximum Gasteiger partial charge on any atom is 0.255 e. The summed E-state index contributed by atoms with van der Waals surface area (Å²) in [6, 6.07) is 9.09. The Hall–Kier alpha value is -2.87. The van der Waals surface area contributed by atoms with Gasteiger partial charge in [0.25, 0.3) is 5.91 Å². The van der Waals surface area contributed by atoms with Crippen molar-refractivity contribution < 1.29 is 19.1 Å². The van der Waals surface area contributed by atoms with E-state index in [1.54, 1.807) is 21.8 Å². The quantitative estimate of drug-likeness (QED) is 0.740. The molecule has 1 aromatic carbocycles. The van der Waals surface area contributed by atoms with Gasteiger partial charge < -0.3 is 19.7 Å².